The van der Waals surface area contributed by atoms with Gasteiger partial charge in [0.15, 0.2) is 0 Å². The molecule has 1 rings (SSSR count). The van der Waals surface area contributed by atoms with Crippen molar-refractivity contribution in [1.82, 2.24) is 15.1 Å². The van der Waals surface area contributed by atoms with Gasteiger partial charge in [-0.1, -0.05) is 0 Å². The van der Waals surface area contributed by atoms with Crippen molar-refractivity contribution in [1.29, 1.82) is 0 Å². The fourth-order valence-electron chi connectivity index (χ4n) is 1.28. The molecule has 0 spiro atoms. The van der Waals surface area contributed by atoms with Crippen LogP contribution in [0.5, 0.6) is 0 Å². The topological polar surface area (TPSA) is 29.9 Å². The minimum absolute atomic E-state index is 0.284. The van der Waals surface area contributed by atoms with E-state index in [4.69, 9.17) is 11.6 Å². The summed E-state index contributed by atoms with van der Waals surface area (Å²) in [6.07, 6.45) is 4.14. The van der Waals surface area contributed by atoms with Crippen molar-refractivity contribution in [3.63, 3.8) is 0 Å². The SMILES string of the molecule is CC(Cl)CCCNCc1ccn(C)n1. The van der Waals surface area contributed by atoms with Gasteiger partial charge in [-0.05, 0) is 32.4 Å². The number of alkyl halides is 1. The van der Waals surface area contributed by atoms with E-state index in [1.165, 1.54) is 0 Å². The van der Waals surface area contributed by atoms with E-state index in [0.29, 0.717) is 0 Å². The van der Waals surface area contributed by atoms with E-state index in [-0.39, 0.29) is 5.38 Å². The molecule has 3 nitrogen and oxygen atoms in total. The molecule has 0 aromatic carbocycles. The highest BCUT2D eigenvalue weighted by Crippen LogP contribution is 2.02. The Morgan fingerprint density at radius 3 is 3.00 bits per heavy atom. The lowest BCUT2D eigenvalue weighted by Gasteiger charge is -2.03. The zero-order valence-electron chi connectivity index (χ0n) is 8.83. The zero-order chi connectivity index (χ0) is 10.4. The van der Waals surface area contributed by atoms with Gasteiger partial charge in [0, 0.05) is 25.2 Å². The number of hydrogen-bond donors (Lipinski definition) is 1. The van der Waals surface area contributed by atoms with Gasteiger partial charge in [-0.25, -0.2) is 0 Å². The summed E-state index contributed by atoms with van der Waals surface area (Å²) in [6, 6.07) is 2.02. The molecule has 0 saturated carbocycles. The van der Waals surface area contributed by atoms with Gasteiger partial charge in [0.05, 0.1) is 5.69 Å². The van der Waals surface area contributed by atoms with Gasteiger partial charge in [0.2, 0.25) is 0 Å². The summed E-state index contributed by atoms with van der Waals surface area (Å²) < 4.78 is 1.82. The minimum Gasteiger partial charge on any atom is -0.311 e. The van der Waals surface area contributed by atoms with E-state index in [0.717, 1.165) is 31.6 Å². The lowest BCUT2D eigenvalue weighted by Crippen LogP contribution is -2.16. The maximum atomic E-state index is 5.83. The highest BCUT2D eigenvalue weighted by atomic mass is 35.5. The molecule has 0 aliphatic rings. The van der Waals surface area contributed by atoms with E-state index in [2.05, 4.69) is 10.4 Å². The van der Waals surface area contributed by atoms with Crippen LogP contribution in [-0.2, 0) is 13.6 Å². The van der Waals surface area contributed by atoms with Gasteiger partial charge in [-0.15, -0.1) is 11.6 Å². The third kappa shape index (κ3) is 4.63. The van der Waals surface area contributed by atoms with Crippen molar-refractivity contribution >= 4 is 11.6 Å². The highest BCUT2D eigenvalue weighted by Gasteiger charge is 1.97. The summed E-state index contributed by atoms with van der Waals surface area (Å²) in [5.41, 5.74) is 1.09. The van der Waals surface area contributed by atoms with Crippen LogP contribution < -0.4 is 5.32 Å². The Labute approximate surface area is 90.4 Å². The average Bonchev–Trinajstić information content (AvgIpc) is 2.50. The molecule has 1 N–H and O–H groups in total. The van der Waals surface area contributed by atoms with Crippen molar-refractivity contribution in [2.45, 2.75) is 31.7 Å². The molecule has 1 unspecified atom stereocenters. The average molecular weight is 216 g/mol. The number of nitrogens with zero attached hydrogens (tertiary/aromatic N) is 2. The predicted molar refractivity (Wildman–Crippen MR) is 59.5 cm³/mol. The van der Waals surface area contributed by atoms with E-state index in [1.807, 2.05) is 30.9 Å². The Hall–Kier alpha value is -0.540. The number of nitrogens with one attached hydrogen (secondary N) is 1. The van der Waals surface area contributed by atoms with Crippen LogP contribution in [0.15, 0.2) is 12.3 Å². The van der Waals surface area contributed by atoms with Crippen molar-refractivity contribution in [2.75, 3.05) is 6.54 Å². The Kier molecular flexibility index (Phi) is 4.98. The van der Waals surface area contributed by atoms with E-state index in [9.17, 15) is 0 Å². The molecule has 1 atom stereocenters. The Balaban J connectivity index is 2.04. The number of hydrogen-bond acceptors (Lipinski definition) is 2. The van der Waals surface area contributed by atoms with Crippen LogP contribution in [0.25, 0.3) is 0 Å². The molecule has 0 aliphatic carbocycles. The summed E-state index contributed by atoms with van der Waals surface area (Å²) in [7, 11) is 1.93. The number of aromatic nitrogens is 2. The molecular formula is C10H18ClN3. The predicted octanol–water partition coefficient (Wildman–Crippen LogP) is 1.92. The fourth-order valence-corrected chi connectivity index (χ4v) is 1.44. The molecular weight excluding hydrogens is 198 g/mol. The maximum Gasteiger partial charge on any atom is 0.0762 e. The normalized spacial score (nSPS) is 13.1. The molecule has 0 fully saturated rings. The van der Waals surface area contributed by atoms with Crippen molar-refractivity contribution in [3.05, 3.63) is 18.0 Å². The van der Waals surface area contributed by atoms with Gasteiger partial charge >= 0.3 is 0 Å². The smallest absolute Gasteiger partial charge is 0.0762 e. The largest absolute Gasteiger partial charge is 0.311 e. The molecule has 1 aromatic rings. The first-order valence-electron chi connectivity index (χ1n) is 5.02. The molecule has 0 amide bonds. The van der Waals surface area contributed by atoms with E-state index in [1.54, 1.807) is 0 Å². The van der Waals surface area contributed by atoms with Gasteiger partial charge in [0.25, 0.3) is 0 Å². The van der Waals surface area contributed by atoms with Crippen molar-refractivity contribution < 1.29 is 0 Å². The summed E-state index contributed by atoms with van der Waals surface area (Å²) in [4.78, 5) is 0. The molecule has 0 bridgehead atoms. The van der Waals surface area contributed by atoms with Crippen LogP contribution in [0, 0.1) is 0 Å². The van der Waals surface area contributed by atoms with Crippen molar-refractivity contribution in [3.8, 4) is 0 Å². The highest BCUT2D eigenvalue weighted by molar-refractivity contribution is 6.20. The fraction of sp³-hybridized carbons (Fsp3) is 0.700. The second kappa shape index (κ2) is 6.04. The summed E-state index contributed by atoms with van der Waals surface area (Å²) in [5, 5.41) is 7.89. The van der Waals surface area contributed by atoms with Crippen LogP contribution >= 0.6 is 11.6 Å². The molecule has 14 heavy (non-hydrogen) atoms. The first kappa shape index (κ1) is 11.5. The molecule has 0 aliphatic heterocycles. The lowest BCUT2D eigenvalue weighted by molar-refractivity contribution is 0.606. The molecule has 1 aromatic heterocycles. The minimum atomic E-state index is 0.284. The lowest BCUT2D eigenvalue weighted by atomic mass is 10.2. The molecule has 80 valence electrons. The summed E-state index contributed by atoms with van der Waals surface area (Å²) >= 11 is 5.83. The Morgan fingerprint density at radius 2 is 2.43 bits per heavy atom. The molecule has 4 heteroatoms. The monoisotopic (exact) mass is 215 g/mol. The number of aryl methyl sites for hydroxylation is 1. The standard InChI is InChI=1S/C10H18ClN3/c1-9(11)4-3-6-12-8-10-5-7-14(2)13-10/h5,7,9,12H,3-4,6,8H2,1-2H3. The van der Waals surface area contributed by atoms with Gasteiger partial charge < -0.3 is 5.32 Å². The maximum absolute atomic E-state index is 5.83. The molecule has 1 heterocycles. The van der Waals surface area contributed by atoms with Gasteiger partial charge in [-0.3, -0.25) is 4.68 Å². The van der Waals surface area contributed by atoms with E-state index < -0.39 is 0 Å². The molecule has 0 saturated heterocycles. The zero-order valence-corrected chi connectivity index (χ0v) is 9.59. The van der Waals surface area contributed by atoms with Crippen LogP contribution in [0.1, 0.15) is 25.5 Å². The van der Waals surface area contributed by atoms with E-state index >= 15 is 0 Å². The first-order chi connectivity index (χ1) is 6.68. The second-order valence-electron chi connectivity index (χ2n) is 3.58. The quantitative estimate of drug-likeness (QED) is 0.581. The third-order valence-corrected chi connectivity index (χ3v) is 2.25. The first-order valence-corrected chi connectivity index (χ1v) is 5.45. The number of halogens is 1. The Morgan fingerprint density at radius 1 is 1.64 bits per heavy atom. The summed E-state index contributed by atoms with van der Waals surface area (Å²) in [5.74, 6) is 0. The van der Waals surface area contributed by atoms with Crippen LogP contribution in [-0.4, -0.2) is 21.7 Å². The van der Waals surface area contributed by atoms with Crippen LogP contribution in [0.2, 0.25) is 0 Å². The van der Waals surface area contributed by atoms with Crippen molar-refractivity contribution in [2.24, 2.45) is 7.05 Å². The third-order valence-electron chi connectivity index (χ3n) is 2.03. The molecule has 0 radical (unpaired) electrons. The van der Waals surface area contributed by atoms with Gasteiger partial charge in [0.1, 0.15) is 0 Å². The second-order valence-corrected chi connectivity index (χ2v) is 4.33. The van der Waals surface area contributed by atoms with Gasteiger partial charge in [-0.2, -0.15) is 5.10 Å². The summed E-state index contributed by atoms with van der Waals surface area (Å²) in [6.45, 7) is 3.88. The van der Waals surface area contributed by atoms with Crippen LogP contribution in [0.4, 0.5) is 0 Å². The number of rotatable bonds is 6. The Bertz CT molecular complexity index is 258. The van der Waals surface area contributed by atoms with Crippen LogP contribution in [0.3, 0.4) is 0 Å².